The van der Waals surface area contributed by atoms with Crippen LogP contribution in [0.2, 0.25) is 0 Å². The van der Waals surface area contributed by atoms with Gasteiger partial charge in [-0.25, -0.2) is 14.0 Å². The van der Waals surface area contributed by atoms with Gasteiger partial charge in [-0.2, -0.15) is 0 Å². The quantitative estimate of drug-likeness (QED) is 0.119. The average Bonchev–Trinajstić information content (AvgIpc) is 3.36. The van der Waals surface area contributed by atoms with Crippen molar-refractivity contribution in [3.63, 3.8) is 0 Å². The fourth-order valence-corrected chi connectivity index (χ4v) is 5.67. The van der Waals surface area contributed by atoms with Crippen molar-refractivity contribution in [2.75, 3.05) is 62.2 Å². The summed E-state index contributed by atoms with van der Waals surface area (Å²) in [5, 5.41) is 2.92. The number of hydrogen-bond acceptors (Lipinski definition) is 13. The van der Waals surface area contributed by atoms with Crippen molar-refractivity contribution in [2.24, 2.45) is 0 Å². The van der Waals surface area contributed by atoms with E-state index in [1.165, 1.54) is 82.9 Å². The third-order valence-corrected chi connectivity index (χ3v) is 8.26. The van der Waals surface area contributed by atoms with Crippen LogP contribution in [0.15, 0.2) is 48.5 Å². The van der Waals surface area contributed by atoms with Gasteiger partial charge in [0, 0.05) is 50.6 Å². The van der Waals surface area contributed by atoms with E-state index in [0.717, 1.165) is 6.07 Å². The number of nitrogens with zero attached hydrogens (tertiary/aromatic N) is 1. The van der Waals surface area contributed by atoms with Crippen LogP contribution >= 0.6 is 0 Å². The minimum atomic E-state index is -0.896. The van der Waals surface area contributed by atoms with Crippen LogP contribution in [-0.2, 0) is 18.9 Å². The second-order valence-electron chi connectivity index (χ2n) is 13.3. The lowest BCUT2D eigenvalue weighted by Gasteiger charge is -2.30. The smallest absolute Gasteiger partial charge is 0.410 e. The first-order valence-corrected chi connectivity index (χ1v) is 17.2. The van der Waals surface area contributed by atoms with Crippen LogP contribution in [-0.4, -0.2) is 109 Å². The number of ether oxygens (including phenoxy) is 9. The molecule has 1 saturated heterocycles. The van der Waals surface area contributed by atoms with Crippen molar-refractivity contribution in [2.45, 2.75) is 51.4 Å². The first-order chi connectivity index (χ1) is 26.2. The zero-order chi connectivity index (χ0) is 40.3. The van der Waals surface area contributed by atoms with Crippen molar-refractivity contribution in [3.05, 3.63) is 76.6 Å². The topological polar surface area (TPSA) is 167 Å². The van der Waals surface area contributed by atoms with Crippen LogP contribution in [0.3, 0.4) is 0 Å². The van der Waals surface area contributed by atoms with Gasteiger partial charge < -0.3 is 52.8 Å². The van der Waals surface area contributed by atoms with Crippen molar-refractivity contribution < 1.29 is 66.2 Å². The number of hydrogen-bond donors (Lipinski definition) is 1. The van der Waals surface area contributed by atoms with E-state index in [9.17, 15) is 19.2 Å². The number of likely N-dealkylation sites (tertiary alicyclic amines) is 1. The predicted octanol–water partition coefficient (Wildman–Crippen LogP) is 5.40. The molecule has 0 saturated carbocycles. The minimum absolute atomic E-state index is 0.0454. The molecule has 55 heavy (non-hydrogen) atoms. The average molecular weight is 771 g/mol. The number of carbonyl (C=O) groups is 4. The van der Waals surface area contributed by atoms with Gasteiger partial charge in [0.05, 0.1) is 32.9 Å². The van der Waals surface area contributed by atoms with Crippen LogP contribution in [0, 0.1) is 5.82 Å². The first kappa shape index (κ1) is 42.1. The van der Waals surface area contributed by atoms with E-state index in [0.29, 0.717) is 6.42 Å². The summed E-state index contributed by atoms with van der Waals surface area (Å²) >= 11 is 0. The van der Waals surface area contributed by atoms with Gasteiger partial charge in [-0.3, -0.25) is 9.59 Å². The number of ketones is 1. The third-order valence-electron chi connectivity index (χ3n) is 8.26. The molecule has 1 N–H and O–H groups in total. The Morgan fingerprint density at radius 3 is 2.00 bits per heavy atom. The van der Waals surface area contributed by atoms with E-state index in [2.05, 4.69) is 5.32 Å². The van der Waals surface area contributed by atoms with E-state index in [1.807, 2.05) is 0 Å². The molecule has 3 aromatic rings. The zero-order valence-corrected chi connectivity index (χ0v) is 32.1. The van der Waals surface area contributed by atoms with E-state index >= 15 is 4.39 Å². The van der Waals surface area contributed by atoms with Crippen LogP contribution in [0.25, 0.3) is 0 Å². The zero-order valence-electron chi connectivity index (χ0n) is 32.1. The summed E-state index contributed by atoms with van der Waals surface area (Å²) in [6.07, 6.45) is -0.784. The van der Waals surface area contributed by atoms with E-state index < -0.39 is 47.3 Å². The van der Waals surface area contributed by atoms with Gasteiger partial charge in [-0.15, -0.1) is 0 Å². The molecule has 0 spiro atoms. The Balaban J connectivity index is 1.59. The van der Waals surface area contributed by atoms with Crippen molar-refractivity contribution in [1.29, 1.82) is 0 Å². The summed E-state index contributed by atoms with van der Waals surface area (Å²) < 4.78 is 63.6. The molecule has 1 aliphatic heterocycles. The Hall–Kier alpha value is -5.61. The molecule has 1 fully saturated rings. The lowest BCUT2D eigenvalue weighted by atomic mass is 10.00. The number of rotatable bonds is 15. The number of halogens is 1. The maximum absolute atomic E-state index is 15.1. The van der Waals surface area contributed by atoms with E-state index in [-0.39, 0.29) is 84.1 Å². The maximum Gasteiger partial charge on any atom is 0.410 e. The first-order valence-electron chi connectivity index (χ1n) is 17.2. The number of carbonyl (C=O) groups excluding carboxylic acids is 4. The summed E-state index contributed by atoms with van der Waals surface area (Å²) in [5.74, 6) is -2.20. The van der Waals surface area contributed by atoms with Crippen LogP contribution < -0.4 is 29.0 Å². The molecule has 0 unspecified atom stereocenters. The second kappa shape index (κ2) is 19.1. The fourth-order valence-electron chi connectivity index (χ4n) is 5.67. The highest BCUT2D eigenvalue weighted by atomic mass is 19.1. The van der Waals surface area contributed by atoms with Crippen LogP contribution in [0.1, 0.15) is 70.3 Å². The molecule has 15 nitrogen and oxygen atoms in total. The molecule has 2 amide bonds. The molecule has 16 heteroatoms. The normalized spacial score (nSPS) is 15.6. The lowest BCUT2D eigenvalue weighted by molar-refractivity contribution is 0.0127. The molecule has 0 radical (unpaired) electrons. The van der Waals surface area contributed by atoms with Gasteiger partial charge in [0.1, 0.15) is 34.6 Å². The molecular weight excluding hydrogens is 723 g/mol. The predicted molar refractivity (Wildman–Crippen MR) is 195 cm³/mol. The van der Waals surface area contributed by atoms with Crippen LogP contribution in [0.4, 0.5) is 9.18 Å². The van der Waals surface area contributed by atoms with Gasteiger partial charge in [0.25, 0.3) is 5.91 Å². The summed E-state index contributed by atoms with van der Waals surface area (Å²) in [5.41, 5.74) is -0.825. The molecule has 1 aliphatic rings. The number of amides is 2. The Labute approximate surface area is 318 Å². The van der Waals surface area contributed by atoms with Gasteiger partial charge >= 0.3 is 12.1 Å². The van der Waals surface area contributed by atoms with Crippen molar-refractivity contribution in [3.8, 4) is 28.7 Å². The summed E-state index contributed by atoms with van der Waals surface area (Å²) in [4.78, 5) is 55.5. The minimum Gasteiger partial charge on any atom is -0.497 e. The third kappa shape index (κ3) is 11.0. The van der Waals surface area contributed by atoms with E-state index in [4.69, 9.17) is 42.6 Å². The summed E-state index contributed by atoms with van der Waals surface area (Å²) in [6, 6.07) is 9.92. The monoisotopic (exact) mass is 770 g/mol. The van der Waals surface area contributed by atoms with Crippen molar-refractivity contribution in [1.82, 2.24) is 10.2 Å². The molecule has 4 rings (SSSR count). The molecule has 2 atom stereocenters. The van der Waals surface area contributed by atoms with Gasteiger partial charge in [0.15, 0.2) is 30.9 Å². The highest BCUT2D eigenvalue weighted by molar-refractivity contribution is 6.11. The standard InChI is InChI=1S/C39H47FN2O13/c1-39(2,3)55-38(46)42-15-9-10-29(28(20-42)41-36(44)25-16-31(50-7)35(53-22-48-5)32(17-25)51-8)54-37(45)24-13-11-23(12-14-24)34(43)33-27(40)18-26(49-6)19-30(33)52-21-47-4/h11-14,16-19,28-29H,9-10,15,20-22H2,1-8H3,(H,41,44)/t28-,29-/m1/s1. The Morgan fingerprint density at radius 2 is 1.42 bits per heavy atom. The SMILES string of the molecule is COCOc1cc(OC)cc(F)c1C(=O)c1ccc(C(=O)O[C@@H]2CCCN(C(=O)OC(C)(C)C)C[C@H]2NC(=O)c2cc(OC)c(OCOC)c(OC)c2)cc1. The lowest BCUT2D eigenvalue weighted by Crippen LogP contribution is -2.51. The van der Waals surface area contributed by atoms with Crippen LogP contribution in [0.5, 0.6) is 28.7 Å². The van der Waals surface area contributed by atoms with Gasteiger partial charge in [0.2, 0.25) is 5.75 Å². The summed E-state index contributed by atoms with van der Waals surface area (Å²) in [7, 11) is 7.00. The molecule has 298 valence electrons. The molecule has 0 bridgehead atoms. The number of methoxy groups -OCH3 is 5. The molecule has 0 aromatic heterocycles. The number of nitrogens with one attached hydrogen (secondary N) is 1. The molecule has 0 aliphatic carbocycles. The number of benzene rings is 3. The fraction of sp³-hybridized carbons (Fsp3) is 0.436. The molecule has 3 aromatic carbocycles. The Morgan fingerprint density at radius 1 is 0.800 bits per heavy atom. The maximum atomic E-state index is 15.1. The second-order valence-corrected chi connectivity index (χ2v) is 13.3. The largest absolute Gasteiger partial charge is 0.497 e. The Bertz CT molecular complexity index is 1800. The van der Waals surface area contributed by atoms with Gasteiger partial charge in [-0.05, 0) is 57.9 Å². The molecule has 1 heterocycles. The summed E-state index contributed by atoms with van der Waals surface area (Å²) in [6.45, 7) is 5.12. The molecular formula is C39H47FN2O13. The van der Waals surface area contributed by atoms with Crippen molar-refractivity contribution >= 4 is 23.8 Å². The highest BCUT2D eigenvalue weighted by Crippen LogP contribution is 2.39. The van der Waals surface area contributed by atoms with E-state index in [1.54, 1.807) is 20.8 Å². The Kier molecular flexibility index (Phi) is 14.6. The number of esters is 1. The highest BCUT2D eigenvalue weighted by Gasteiger charge is 2.35. The van der Waals surface area contributed by atoms with Gasteiger partial charge in [-0.1, -0.05) is 12.1 Å².